The van der Waals surface area contributed by atoms with Gasteiger partial charge in [0.2, 0.25) is 0 Å². The molecule has 9 heteroatoms. The number of halogens is 3. The Balaban J connectivity index is 3.22. The molecule has 0 spiro atoms. The molecule has 0 aliphatic carbocycles. The average molecular weight is 279 g/mol. The summed E-state index contributed by atoms with van der Waals surface area (Å²) >= 11 is 0. The predicted molar refractivity (Wildman–Crippen MR) is 56.3 cm³/mol. The molecule has 0 atom stereocenters. The summed E-state index contributed by atoms with van der Waals surface area (Å²) in [7, 11) is 1.12. The number of phenols is 1. The number of carbonyl (C=O) groups excluding carboxylic acids is 1. The molecule has 0 heterocycles. The van der Waals surface area contributed by atoms with E-state index in [1.54, 1.807) is 0 Å². The summed E-state index contributed by atoms with van der Waals surface area (Å²) in [5.74, 6) is -5.22. The van der Waals surface area contributed by atoms with E-state index in [0.717, 1.165) is 19.2 Å². The number of nitrogens with one attached hydrogen (secondary N) is 1. The Morgan fingerprint density at radius 1 is 1.32 bits per heavy atom. The number of carboxylic acid groups (broad SMARTS) is 1. The lowest BCUT2D eigenvalue weighted by Crippen LogP contribution is -2.30. The topological polar surface area (TPSA) is 95.9 Å². The molecule has 0 bridgehead atoms. The number of aromatic hydroxyl groups is 1. The van der Waals surface area contributed by atoms with E-state index in [4.69, 9.17) is 5.11 Å². The second-order valence-electron chi connectivity index (χ2n) is 3.30. The lowest BCUT2D eigenvalue weighted by atomic mass is 10.1. The molecule has 104 valence electrons. The van der Waals surface area contributed by atoms with E-state index in [1.165, 1.54) is 5.32 Å². The summed E-state index contributed by atoms with van der Waals surface area (Å²) in [5, 5.41) is 19.7. The standard InChI is InChI=1S/C10H8F3NO5/c1-19-5-3-2-4(7(15)6(5)8(16)17)14-9(18)10(11,12)13/h2-3,15H,1H3,(H,14,18)(H,16,17). The number of carbonyl (C=O) groups is 2. The molecule has 0 aromatic heterocycles. The Kier molecular flexibility index (Phi) is 3.88. The summed E-state index contributed by atoms with van der Waals surface area (Å²) in [6, 6.07) is 1.90. The normalized spacial score (nSPS) is 10.9. The zero-order chi connectivity index (χ0) is 14.8. The highest BCUT2D eigenvalue weighted by Gasteiger charge is 2.39. The first-order chi connectivity index (χ1) is 8.68. The molecule has 6 nitrogen and oxygen atoms in total. The van der Waals surface area contributed by atoms with Gasteiger partial charge in [-0.15, -0.1) is 0 Å². The number of methoxy groups -OCH3 is 1. The van der Waals surface area contributed by atoms with Crippen LogP contribution in [0.1, 0.15) is 10.4 Å². The van der Waals surface area contributed by atoms with Gasteiger partial charge < -0.3 is 20.3 Å². The smallest absolute Gasteiger partial charge is 0.471 e. The Hall–Kier alpha value is -2.45. The van der Waals surface area contributed by atoms with Crippen LogP contribution in [0.4, 0.5) is 18.9 Å². The van der Waals surface area contributed by atoms with Gasteiger partial charge in [0, 0.05) is 0 Å². The second kappa shape index (κ2) is 5.04. The number of amides is 1. The van der Waals surface area contributed by atoms with E-state index in [0.29, 0.717) is 0 Å². The van der Waals surface area contributed by atoms with Gasteiger partial charge in [0.1, 0.15) is 11.3 Å². The molecular formula is C10H8F3NO5. The Labute approximate surface area is 104 Å². The minimum Gasteiger partial charge on any atom is -0.505 e. The maximum atomic E-state index is 12.0. The van der Waals surface area contributed by atoms with Crippen LogP contribution in [0, 0.1) is 0 Å². The number of benzene rings is 1. The maximum Gasteiger partial charge on any atom is 0.471 e. The Morgan fingerprint density at radius 2 is 1.89 bits per heavy atom. The second-order valence-corrected chi connectivity index (χ2v) is 3.30. The molecule has 0 aliphatic rings. The molecule has 0 radical (unpaired) electrons. The van der Waals surface area contributed by atoms with Gasteiger partial charge >= 0.3 is 18.1 Å². The summed E-state index contributed by atoms with van der Waals surface area (Å²) in [6.07, 6.45) is -5.16. The molecule has 0 saturated heterocycles. The number of hydrogen-bond acceptors (Lipinski definition) is 4. The molecule has 1 aromatic rings. The fourth-order valence-corrected chi connectivity index (χ4v) is 1.24. The molecule has 1 aromatic carbocycles. The third-order valence-corrected chi connectivity index (χ3v) is 2.08. The van der Waals surface area contributed by atoms with Gasteiger partial charge in [-0.05, 0) is 12.1 Å². The highest BCUT2D eigenvalue weighted by Crippen LogP contribution is 2.35. The van der Waals surface area contributed by atoms with Crippen molar-refractivity contribution in [1.82, 2.24) is 0 Å². The van der Waals surface area contributed by atoms with E-state index < -0.39 is 35.1 Å². The Morgan fingerprint density at radius 3 is 2.32 bits per heavy atom. The number of alkyl halides is 3. The minimum absolute atomic E-state index is 0.255. The summed E-state index contributed by atoms with van der Waals surface area (Å²) in [5.41, 5.74) is -1.43. The number of carboxylic acids is 1. The van der Waals surface area contributed by atoms with Crippen LogP contribution >= 0.6 is 0 Å². The summed E-state index contributed by atoms with van der Waals surface area (Å²) < 4.78 is 40.7. The molecule has 0 fully saturated rings. The third-order valence-electron chi connectivity index (χ3n) is 2.08. The van der Waals surface area contributed by atoms with Crippen LogP contribution in [0.25, 0.3) is 0 Å². The molecule has 19 heavy (non-hydrogen) atoms. The maximum absolute atomic E-state index is 12.0. The fourth-order valence-electron chi connectivity index (χ4n) is 1.24. The first-order valence-corrected chi connectivity index (χ1v) is 4.70. The van der Waals surface area contributed by atoms with Crippen molar-refractivity contribution in [2.24, 2.45) is 0 Å². The van der Waals surface area contributed by atoms with Crippen molar-refractivity contribution >= 4 is 17.6 Å². The molecule has 1 amide bonds. The number of rotatable bonds is 3. The van der Waals surface area contributed by atoms with Crippen molar-refractivity contribution in [3.8, 4) is 11.5 Å². The van der Waals surface area contributed by atoms with Crippen LogP contribution in [0.3, 0.4) is 0 Å². The van der Waals surface area contributed by atoms with Gasteiger partial charge in [-0.3, -0.25) is 4.79 Å². The first kappa shape index (κ1) is 14.6. The molecule has 3 N–H and O–H groups in total. The van der Waals surface area contributed by atoms with Crippen molar-refractivity contribution in [3.63, 3.8) is 0 Å². The predicted octanol–water partition coefficient (Wildman–Crippen LogP) is 1.60. The van der Waals surface area contributed by atoms with Crippen LogP contribution in [-0.2, 0) is 4.79 Å². The van der Waals surface area contributed by atoms with E-state index in [9.17, 15) is 27.9 Å². The van der Waals surface area contributed by atoms with Crippen molar-refractivity contribution in [2.75, 3.05) is 12.4 Å². The van der Waals surface area contributed by atoms with Crippen molar-refractivity contribution < 1.29 is 37.7 Å². The van der Waals surface area contributed by atoms with Crippen molar-refractivity contribution in [1.29, 1.82) is 0 Å². The molecule has 0 saturated carbocycles. The highest BCUT2D eigenvalue weighted by molar-refractivity contribution is 6.01. The largest absolute Gasteiger partial charge is 0.505 e. The van der Waals surface area contributed by atoms with Gasteiger partial charge in [0.15, 0.2) is 5.75 Å². The van der Waals surface area contributed by atoms with Crippen molar-refractivity contribution in [2.45, 2.75) is 6.18 Å². The van der Waals surface area contributed by atoms with E-state index in [1.807, 2.05) is 0 Å². The minimum atomic E-state index is -5.16. The van der Waals surface area contributed by atoms with Crippen LogP contribution in [0.2, 0.25) is 0 Å². The number of aromatic carboxylic acids is 1. The van der Waals surface area contributed by atoms with Crippen LogP contribution in [0.5, 0.6) is 11.5 Å². The number of anilines is 1. The van der Waals surface area contributed by atoms with Crippen LogP contribution in [0.15, 0.2) is 12.1 Å². The zero-order valence-corrected chi connectivity index (χ0v) is 9.41. The molecular weight excluding hydrogens is 271 g/mol. The average Bonchev–Trinajstić information content (AvgIpc) is 2.29. The van der Waals surface area contributed by atoms with E-state index >= 15 is 0 Å². The lowest BCUT2D eigenvalue weighted by molar-refractivity contribution is -0.167. The first-order valence-electron chi connectivity index (χ1n) is 4.70. The summed E-state index contributed by atoms with van der Waals surface area (Å²) in [6.45, 7) is 0. The van der Waals surface area contributed by atoms with E-state index in [-0.39, 0.29) is 5.75 Å². The Bertz CT molecular complexity index is 527. The fraction of sp³-hybridized carbons (Fsp3) is 0.200. The zero-order valence-electron chi connectivity index (χ0n) is 9.41. The van der Waals surface area contributed by atoms with Gasteiger partial charge in [0.05, 0.1) is 12.8 Å². The molecule has 1 rings (SSSR count). The van der Waals surface area contributed by atoms with Crippen LogP contribution < -0.4 is 10.1 Å². The van der Waals surface area contributed by atoms with Gasteiger partial charge in [-0.2, -0.15) is 13.2 Å². The highest BCUT2D eigenvalue weighted by atomic mass is 19.4. The monoisotopic (exact) mass is 279 g/mol. The van der Waals surface area contributed by atoms with Gasteiger partial charge in [-0.25, -0.2) is 4.79 Å². The number of ether oxygens (including phenoxy) is 1. The molecule has 0 aliphatic heterocycles. The van der Waals surface area contributed by atoms with Gasteiger partial charge in [0.25, 0.3) is 0 Å². The van der Waals surface area contributed by atoms with E-state index in [2.05, 4.69) is 4.74 Å². The van der Waals surface area contributed by atoms with Gasteiger partial charge in [-0.1, -0.05) is 0 Å². The summed E-state index contributed by atoms with van der Waals surface area (Å²) in [4.78, 5) is 21.6. The number of hydrogen-bond donors (Lipinski definition) is 3. The molecule has 0 unspecified atom stereocenters. The lowest BCUT2D eigenvalue weighted by Gasteiger charge is -2.13. The van der Waals surface area contributed by atoms with Crippen LogP contribution in [-0.4, -0.2) is 35.4 Å². The third kappa shape index (κ3) is 3.06. The quantitative estimate of drug-likeness (QED) is 0.730. The van der Waals surface area contributed by atoms with Crippen molar-refractivity contribution in [3.05, 3.63) is 17.7 Å². The SMILES string of the molecule is COc1ccc(NC(=O)C(F)(F)F)c(O)c1C(=O)O.